The first kappa shape index (κ1) is 11.9. The first-order valence-corrected chi connectivity index (χ1v) is 6.06. The second kappa shape index (κ2) is 4.20. The highest BCUT2D eigenvalue weighted by atomic mass is 35.5. The number of aromatic nitrogens is 2. The Morgan fingerprint density at radius 2 is 2.16 bits per heavy atom. The Bertz CT molecular complexity index is 761. The van der Waals surface area contributed by atoms with Gasteiger partial charge in [-0.25, -0.2) is 0 Å². The minimum Gasteiger partial charge on any atom is -0.495 e. The fraction of sp³-hybridized carbons (Fsp3) is 0.154. The molecule has 2 heterocycles. The minimum absolute atomic E-state index is 0.352. The first-order valence-electron chi connectivity index (χ1n) is 5.68. The highest BCUT2D eigenvalue weighted by Crippen LogP contribution is 2.37. The van der Waals surface area contributed by atoms with Gasteiger partial charge in [0.05, 0.1) is 12.1 Å². The molecule has 0 fully saturated rings. The number of aromatic amines is 1. The quantitative estimate of drug-likeness (QED) is 0.753. The van der Waals surface area contributed by atoms with E-state index < -0.39 is 0 Å². The summed E-state index contributed by atoms with van der Waals surface area (Å²) in [7, 11) is 1.58. The van der Waals surface area contributed by atoms with Crippen LogP contribution in [0.25, 0.3) is 22.2 Å². The van der Waals surface area contributed by atoms with Crippen LogP contribution in [-0.4, -0.2) is 17.3 Å². The van der Waals surface area contributed by atoms with E-state index in [4.69, 9.17) is 26.6 Å². The molecule has 0 aliphatic rings. The molecule has 0 saturated carbocycles. The number of rotatable bonds is 2. The zero-order valence-corrected chi connectivity index (χ0v) is 11.2. The Kier molecular flexibility index (Phi) is 2.64. The van der Waals surface area contributed by atoms with Crippen LogP contribution >= 0.6 is 11.6 Å². The van der Waals surface area contributed by atoms with E-state index in [1.807, 2.05) is 19.1 Å². The lowest BCUT2D eigenvalue weighted by molar-refractivity contribution is 0.415. The largest absolute Gasteiger partial charge is 0.495 e. The van der Waals surface area contributed by atoms with E-state index in [9.17, 15) is 0 Å². The minimum atomic E-state index is 0.352. The normalized spacial score (nSPS) is 11.1. The third-order valence-corrected chi connectivity index (χ3v) is 3.33. The van der Waals surface area contributed by atoms with Crippen molar-refractivity contribution in [1.82, 2.24) is 10.1 Å². The molecule has 3 rings (SSSR count). The summed E-state index contributed by atoms with van der Waals surface area (Å²) >= 11 is 6.11. The van der Waals surface area contributed by atoms with Gasteiger partial charge >= 0.3 is 0 Å². The molecule has 0 unspecified atom stereocenters. The number of nitrogen functional groups attached to an aromatic ring is 1. The molecule has 0 saturated heterocycles. The van der Waals surface area contributed by atoms with Crippen LogP contribution in [0.15, 0.2) is 22.7 Å². The van der Waals surface area contributed by atoms with Gasteiger partial charge < -0.3 is 20.0 Å². The van der Waals surface area contributed by atoms with Crippen molar-refractivity contribution >= 4 is 28.3 Å². The molecule has 0 aliphatic carbocycles. The van der Waals surface area contributed by atoms with Crippen molar-refractivity contribution in [1.29, 1.82) is 0 Å². The molecular formula is C13H12ClN3O2. The third-order valence-electron chi connectivity index (χ3n) is 3.03. The van der Waals surface area contributed by atoms with Crippen LogP contribution in [-0.2, 0) is 0 Å². The van der Waals surface area contributed by atoms with Crippen molar-refractivity contribution in [3.05, 3.63) is 28.9 Å². The summed E-state index contributed by atoms with van der Waals surface area (Å²) in [6, 6.07) is 5.39. The zero-order chi connectivity index (χ0) is 13.6. The Morgan fingerprint density at radius 3 is 2.79 bits per heavy atom. The van der Waals surface area contributed by atoms with E-state index in [1.54, 1.807) is 13.2 Å². The lowest BCUT2D eigenvalue weighted by Gasteiger charge is -2.03. The highest BCUT2D eigenvalue weighted by Gasteiger charge is 2.16. The van der Waals surface area contributed by atoms with Gasteiger partial charge in [-0.15, -0.1) is 0 Å². The Balaban J connectivity index is 2.32. The molecule has 0 spiro atoms. The lowest BCUT2D eigenvalue weighted by atomic mass is 10.1. The number of ether oxygens (including phenoxy) is 1. The average Bonchev–Trinajstić information content (AvgIpc) is 2.90. The molecule has 0 bridgehead atoms. The van der Waals surface area contributed by atoms with Crippen molar-refractivity contribution in [2.75, 3.05) is 12.8 Å². The molecule has 0 amide bonds. The summed E-state index contributed by atoms with van der Waals surface area (Å²) in [5, 5.41) is 5.22. The van der Waals surface area contributed by atoms with Gasteiger partial charge in [-0.3, -0.25) is 0 Å². The Morgan fingerprint density at radius 1 is 1.37 bits per heavy atom. The molecule has 6 heteroatoms. The summed E-state index contributed by atoms with van der Waals surface area (Å²) in [6.07, 6.45) is 0. The van der Waals surface area contributed by atoms with Crippen LogP contribution in [0.4, 0.5) is 5.82 Å². The van der Waals surface area contributed by atoms with Gasteiger partial charge in [0, 0.05) is 28.2 Å². The number of H-pyrrole nitrogens is 1. The predicted octanol–water partition coefficient (Wildman–Crippen LogP) is 3.38. The van der Waals surface area contributed by atoms with Crippen LogP contribution in [0.3, 0.4) is 0 Å². The summed E-state index contributed by atoms with van der Waals surface area (Å²) in [5.41, 5.74) is 8.37. The number of benzene rings is 1. The van der Waals surface area contributed by atoms with E-state index in [-0.39, 0.29) is 0 Å². The molecule has 98 valence electrons. The van der Waals surface area contributed by atoms with Crippen LogP contribution in [0.1, 0.15) is 5.69 Å². The maximum absolute atomic E-state index is 6.11. The van der Waals surface area contributed by atoms with Crippen molar-refractivity contribution in [3.8, 4) is 17.1 Å². The smallest absolute Gasteiger partial charge is 0.171 e. The topological polar surface area (TPSA) is 77.1 Å². The fourth-order valence-corrected chi connectivity index (χ4v) is 2.45. The second-order valence-corrected chi connectivity index (χ2v) is 4.68. The molecule has 19 heavy (non-hydrogen) atoms. The van der Waals surface area contributed by atoms with Gasteiger partial charge in [0.25, 0.3) is 0 Å². The average molecular weight is 278 g/mol. The Hall–Kier alpha value is -2.14. The molecule has 0 radical (unpaired) electrons. The van der Waals surface area contributed by atoms with Gasteiger partial charge in [-0.2, -0.15) is 0 Å². The molecule has 2 aromatic heterocycles. The number of aryl methyl sites for hydroxylation is 1. The number of hydrogen-bond donors (Lipinski definition) is 2. The highest BCUT2D eigenvalue weighted by molar-refractivity contribution is 6.33. The summed E-state index contributed by atoms with van der Waals surface area (Å²) in [5.74, 6) is 1.58. The van der Waals surface area contributed by atoms with Crippen molar-refractivity contribution in [3.63, 3.8) is 0 Å². The van der Waals surface area contributed by atoms with Gasteiger partial charge in [-0.05, 0) is 19.1 Å². The van der Waals surface area contributed by atoms with Crippen LogP contribution in [0.5, 0.6) is 5.75 Å². The second-order valence-electron chi connectivity index (χ2n) is 4.27. The van der Waals surface area contributed by atoms with Crippen molar-refractivity contribution in [2.45, 2.75) is 6.92 Å². The molecule has 1 aromatic carbocycles. The number of halogens is 1. The Labute approximate surface area is 114 Å². The van der Waals surface area contributed by atoms with Gasteiger partial charge in [0.1, 0.15) is 5.75 Å². The predicted molar refractivity (Wildman–Crippen MR) is 74.5 cm³/mol. The van der Waals surface area contributed by atoms with E-state index in [1.165, 1.54) is 0 Å². The lowest BCUT2D eigenvalue weighted by Crippen LogP contribution is -1.84. The zero-order valence-electron chi connectivity index (χ0n) is 10.5. The molecule has 5 nitrogen and oxygen atoms in total. The van der Waals surface area contributed by atoms with Crippen molar-refractivity contribution < 1.29 is 9.26 Å². The summed E-state index contributed by atoms with van der Waals surface area (Å²) in [6.45, 7) is 1.95. The SMILES string of the molecule is COc1cc2c(-c3cc(N)no3)c(C)[nH]c2cc1Cl. The number of anilines is 1. The van der Waals surface area contributed by atoms with Gasteiger partial charge in [-0.1, -0.05) is 16.8 Å². The van der Waals surface area contributed by atoms with Gasteiger partial charge in [0.2, 0.25) is 0 Å². The summed E-state index contributed by atoms with van der Waals surface area (Å²) in [4.78, 5) is 3.26. The molecular weight excluding hydrogens is 266 g/mol. The van der Waals surface area contributed by atoms with Crippen LogP contribution in [0, 0.1) is 6.92 Å². The first-order chi connectivity index (χ1) is 9.10. The monoisotopic (exact) mass is 277 g/mol. The number of nitrogens with zero attached hydrogens (tertiary/aromatic N) is 1. The van der Waals surface area contributed by atoms with Crippen LogP contribution in [0.2, 0.25) is 5.02 Å². The molecule has 3 N–H and O–H groups in total. The van der Waals surface area contributed by atoms with E-state index in [0.29, 0.717) is 22.4 Å². The van der Waals surface area contributed by atoms with Gasteiger partial charge in [0.15, 0.2) is 11.6 Å². The molecule has 0 aliphatic heterocycles. The fourth-order valence-electron chi connectivity index (χ4n) is 2.21. The van der Waals surface area contributed by atoms with Crippen LogP contribution < -0.4 is 10.5 Å². The molecule has 0 atom stereocenters. The number of hydrogen-bond acceptors (Lipinski definition) is 4. The number of methoxy groups -OCH3 is 1. The maximum atomic E-state index is 6.11. The van der Waals surface area contributed by atoms with E-state index in [2.05, 4.69) is 10.1 Å². The van der Waals surface area contributed by atoms with E-state index >= 15 is 0 Å². The third kappa shape index (κ3) is 1.82. The maximum Gasteiger partial charge on any atom is 0.171 e. The number of fused-ring (bicyclic) bond motifs is 1. The molecule has 3 aromatic rings. The summed E-state index contributed by atoms with van der Waals surface area (Å²) < 4.78 is 10.5. The standard InChI is InChI=1S/C13H12ClN3O2/c1-6-13(11-5-12(15)17-19-11)7-3-10(18-2)8(14)4-9(7)16-6/h3-5,16H,1-2H3,(H2,15,17). The number of nitrogens with one attached hydrogen (secondary N) is 1. The van der Waals surface area contributed by atoms with E-state index in [0.717, 1.165) is 22.2 Å². The van der Waals surface area contributed by atoms with Crippen molar-refractivity contribution in [2.24, 2.45) is 0 Å². The number of nitrogens with two attached hydrogens (primary N) is 1.